The average molecular weight is 396 g/mol. The Balaban J connectivity index is 1.71. The Kier molecular flexibility index (Phi) is 8.40. The van der Waals surface area contributed by atoms with Crippen LogP contribution in [0.3, 0.4) is 0 Å². The molecule has 0 spiro atoms. The Morgan fingerprint density at radius 3 is 2.31 bits per heavy atom. The van der Waals surface area contributed by atoms with E-state index >= 15 is 0 Å². The van der Waals surface area contributed by atoms with E-state index in [0.29, 0.717) is 5.56 Å². The number of rotatable bonds is 9. The maximum absolute atomic E-state index is 12.2. The summed E-state index contributed by atoms with van der Waals surface area (Å²) in [6.45, 7) is 4.95. The van der Waals surface area contributed by atoms with Gasteiger partial charge in [-0.3, -0.25) is 14.4 Å². The fraction of sp³-hybridized carbons (Fsp3) is 0.348. The van der Waals surface area contributed by atoms with Crippen LogP contribution in [-0.2, 0) is 20.7 Å². The van der Waals surface area contributed by atoms with Crippen LogP contribution < -0.4 is 10.6 Å². The molecule has 2 N–H and O–H groups in total. The first-order valence-corrected chi connectivity index (χ1v) is 9.74. The second kappa shape index (κ2) is 11.0. The van der Waals surface area contributed by atoms with Crippen molar-refractivity contribution in [3.05, 3.63) is 71.3 Å². The number of esters is 1. The molecule has 0 radical (unpaired) electrons. The highest BCUT2D eigenvalue weighted by atomic mass is 16.5. The van der Waals surface area contributed by atoms with E-state index in [-0.39, 0.29) is 24.4 Å². The van der Waals surface area contributed by atoms with Gasteiger partial charge in [0.05, 0.1) is 0 Å². The number of amides is 2. The van der Waals surface area contributed by atoms with Gasteiger partial charge in [0.15, 0.2) is 6.10 Å². The van der Waals surface area contributed by atoms with Gasteiger partial charge in [0.2, 0.25) is 0 Å². The number of benzene rings is 2. The summed E-state index contributed by atoms with van der Waals surface area (Å²) in [6.07, 6.45) is 0.696. The number of nitrogens with one attached hydrogen (secondary N) is 2. The zero-order valence-electron chi connectivity index (χ0n) is 17.1. The molecule has 0 bridgehead atoms. The van der Waals surface area contributed by atoms with Crippen LogP contribution in [0.15, 0.2) is 54.6 Å². The number of carbonyl (C=O) groups excluding carboxylic acids is 3. The highest BCUT2D eigenvalue weighted by molar-refractivity contribution is 5.97. The second-order valence-electron chi connectivity index (χ2n) is 7.06. The molecule has 0 unspecified atom stereocenters. The van der Waals surface area contributed by atoms with Crippen LogP contribution in [0, 0.1) is 6.92 Å². The Morgan fingerprint density at radius 1 is 0.966 bits per heavy atom. The largest absolute Gasteiger partial charge is 0.451 e. The molecule has 6 nitrogen and oxygen atoms in total. The van der Waals surface area contributed by atoms with Crippen molar-refractivity contribution >= 4 is 17.8 Å². The van der Waals surface area contributed by atoms with E-state index in [0.717, 1.165) is 18.4 Å². The third-order valence-electron chi connectivity index (χ3n) is 4.56. The zero-order chi connectivity index (χ0) is 21.2. The molecule has 29 heavy (non-hydrogen) atoms. The summed E-state index contributed by atoms with van der Waals surface area (Å²) in [5.74, 6) is -1.37. The number of hydrogen-bond acceptors (Lipinski definition) is 4. The molecule has 2 amide bonds. The highest BCUT2D eigenvalue weighted by Crippen LogP contribution is 2.07. The molecule has 0 saturated carbocycles. The van der Waals surface area contributed by atoms with Gasteiger partial charge < -0.3 is 15.4 Å². The molecule has 0 aromatic heterocycles. The van der Waals surface area contributed by atoms with Crippen LogP contribution in [0.5, 0.6) is 0 Å². The third-order valence-corrected chi connectivity index (χ3v) is 4.56. The molecule has 0 saturated heterocycles. The Labute approximate surface area is 171 Å². The normalized spacial score (nSPS) is 12.5. The maximum atomic E-state index is 12.2. The van der Waals surface area contributed by atoms with E-state index in [9.17, 15) is 14.4 Å². The third kappa shape index (κ3) is 7.41. The van der Waals surface area contributed by atoms with Gasteiger partial charge >= 0.3 is 5.97 Å². The molecule has 0 aliphatic rings. The van der Waals surface area contributed by atoms with Crippen molar-refractivity contribution in [1.82, 2.24) is 10.6 Å². The second-order valence-corrected chi connectivity index (χ2v) is 7.06. The van der Waals surface area contributed by atoms with E-state index in [1.54, 1.807) is 12.1 Å². The Hall–Kier alpha value is -3.15. The first kappa shape index (κ1) is 22.1. The minimum absolute atomic E-state index is 0.0513. The number of ether oxygens (including phenoxy) is 1. The van der Waals surface area contributed by atoms with E-state index in [4.69, 9.17) is 4.74 Å². The number of aryl methyl sites for hydroxylation is 2. The van der Waals surface area contributed by atoms with Crippen molar-refractivity contribution in [1.29, 1.82) is 0 Å². The van der Waals surface area contributed by atoms with Crippen LogP contribution in [0.4, 0.5) is 0 Å². The van der Waals surface area contributed by atoms with Gasteiger partial charge in [0.25, 0.3) is 11.8 Å². The molecule has 6 heteroatoms. The Bertz CT molecular complexity index is 836. The number of carbonyl (C=O) groups is 3. The minimum Gasteiger partial charge on any atom is -0.451 e. The van der Waals surface area contributed by atoms with E-state index in [1.807, 2.05) is 56.3 Å². The molecule has 0 aliphatic heterocycles. The molecule has 2 atom stereocenters. The van der Waals surface area contributed by atoms with Gasteiger partial charge in [-0.1, -0.05) is 48.5 Å². The predicted molar refractivity (Wildman–Crippen MR) is 111 cm³/mol. The van der Waals surface area contributed by atoms with E-state index in [2.05, 4.69) is 10.6 Å². The molecule has 2 aromatic rings. The minimum atomic E-state index is -0.933. The van der Waals surface area contributed by atoms with Gasteiger partial charge in [-0.15, -0.1) is 0 Å². The van der Waals surface area contributed by atoms with Gasteiger partial charge in [0, 0.05) is 11.6 Å². The summed E-state index contributed by atoms with van der Waals surface area (Å²) in [6, 6.07) is 17.1. The first-order valence-electron chi connectivity index (χ1n) is 9.74. The fourth-order valence-electron chi connectivity index (χ4n) is 2.83. The zero-order valence-corrected chi connectivity index (χ0v) is 17.1. The summed E-state index contributed by atoms with van der Waals surface area (Å²) < 4.78 is 5.13. The molecular weight excluding hydrogens is 368 g/mol. The lowest BCUT2D eigenvalue weighted by atomic mass is 10.1. The van der Waals surface area contributed by atoms with E-state index < -0.39 is 12.1 Å². The summed E-state index contributed by atoms with van der Waals surface area (Å²) in [5, 5.41) is 5.37. The lowest BCUT2D eigenvalue weighted by Crippen LogP contribution is -2.42. The molecule has 0 aliphatic carbocycles. The van der Waals surface area contributed by atoms with Gasteiger partial charge in [-0.05, 0) is 50.8 Å². The monoisotopic (exact) mass is 396 g/mol. The van der Waals surface area contributed by atoms with Crippen molar-refractivity contribution in [2.75, 3.05) is 6.54 Å². The van der Waals surface area contributed by atoms with Crippen LogP contribution in [-0.4, -0.2) is 36.5 Å². The van der Waals surface area contributed by atoms with Crippen LogP contribution in [0.1, 0.15) is 41.8 Å². The lowest BCUT2D eigenvalue weighted by molar-refractivity contribution is -0.154. The maximum Gasteiger partial charge on any atom is 0.326 e. The quantitative estimate of drug-likeness (QED) is 0.639. The molecule has 2 rings (SSSR count). The molecule has 154 valence electrons. The van der Waals surface area contributed by atoms with Crippen molar-refractivity contribution in [2.45, 2.75) is 45.8 Å². The van der Waals surface area contributed by atoms with Crippen LogP contribution >= 0.6 is 0 Å². The van der Waals surface area contributed by atoms with E-state index in [1.165, 1.54) is 12.5 Å². The molecule has 0 heterocycles. The molecule has 0 fully saturated rings. The van der Waals surface area contributed by atoms with Crippen LogP contribution in [0.25, 0.3) is 0 Å². The number of hydrogen-bond donors (Lipinski definition) is 2. The summed E-state index contributed by atoms with van der Waals surface area (Å²) in [7, 11) is 0. The molecular formula is C23H28N2O4. The highest BCUT2D eigenvalue weighted by Gasteiger charge is 2.20. The van der Waals surface area contributed by atoms with Crippen molar-refractivity contribution in [3.8, 4) is 0 Å². The molecule has 2 aromatic carbocycles. The van der Waals surface area contributed by atoms with Crippen LogP contribution in [0.2, 0.25) is 0 Å². The van der Waals surface area contributed by atoms with Crippen molar-refractivity contribution in [2.24, 2.45) is 0 Å². The van der Waals surface area contributed by atoms with Crippen molar-refractivity contribution < 1.29 is 19.1 Å². The predicted octanol–water partition coefficient (Wildman–Crippen LogP) is 2.79. The van der Waals surface area contributed by atoms with Gasteiger partial charge in [-0.2, -0.15) is 0 Å². The SMILES string of the molecule is Cc1ccccc1C(=O)NCC(=O)O[C@H](C)C(=O)N[C@H](C)CCc1ccccc1. The van der Waals surface area contributed by atoms with Gasteiger partial charge in [-0.25, -0.2) is 0 Å². The summed E-state index contributed by atoms with van der Waals surface area (Å²) in [4.78, 5) is 36.3. The standard InChI is InChI=1S/C23H28N2O4/c1-16-9-7-8-12-20(16)23(28)24-15-21(26)29-18(3)22(27)25-17(2)13-14-19-10-5-4-6-11-19/h4-12,17-18H,13-15H2,1-3H3,(H,24,28)(H,25,27)/t17-,18-/m1/s1. The van der Waals surface area contributed by atoms with Gasteiger partial charge in [0.1, 0.15) is 6.54 Å². The first-order chi connectivity index (χ1) is 13.9. The smallest absolute Gasteiger partial charge is 0.326 e. The average Bonchev–Trinajstić information content (AvgIpc) is 2.71. The van der Waals surface area contributed by atoms with Crippen molar-refractivity contribution in [3.63, 3.8) is 0 Å². The Morgan fingerprint density at radius 2 is 1.62 bits per heavy atom. The topological polar surface area (TPSA) is 84.5 Å². The fourth-order valence-corrected chi connectivity index (χ4v) is 2.83. The summed E-state index contributed by atoms with van der Waals surface area (Å²) >= 11 is 0. The summed E-state index contributed by atoms with van der Waals surface area (Å²) in [5.41, 5.74) is 2.52. The lowest BCUT2D eigenvalue weighted by Gasteiger charge is -2.18.